The minimum absolute atomic E-state index is 0.0537. The number of hydrogen-bond donors (Lipinski definition) is 1. The fraction of sp³-hybridized carbons (Fsp3) is 0.929. The summed E-state index contributed by atoms with van der Waals surface area (Å²) in [5, 5.41) is 0. The number of likely N-dealkylation sites (tertiary alicyclic amines) is 1. The summed E-state index contributed by atoms with van der Waals surface area (Å²) in [6, 6.07) is 0. The Bertz CT molecular complexity index is 220. The van der Waals surface area contributed by atoms with Crippen LogP contribution in [0, 0.1) is 11.8 Å². The van der Waals surface area contributed by atoms with Crippen molar-refractivity contribution in [3.63, 3.8) is 0 Å². The lowest BCUT2D eigenvalue weighted by Crippen LogP contribution is -2.42. The number of amides is 1. The maximum Gasteiger partial charge on any atom is 0.226 e. The number of carbonyl (C=O) groups is 1. The van der Waals surface area contributed by atoms with Gasteiger partial charge >= 0.3 is 0 Å². The van der Waals surface area contributed by atoms with Crippen molar-refractivity contribution in [1.29, 1.82) is 0 Å². The topological polar surface area (TPSA) is 46.3 Å². The summed E-state index contributed by atoms with van der Waals surface area (Å²) in [5.41, 5.74) is 5.79. The molecule has 1 aliphatic rings. The van der Waals surface area contributed by atoms with E-state index in [2.05, 4.69) is 13.8 Å². The summed E-state index contributed by atoms with van der Waals surface area (Å²) >= 11 is 0. The highest BCUT2D eigenvalue weighted by atomic mass is 16.2. The summed E-state index contributed by atoms with van der Waals surface area (Å²) < 4.78 is 0. The van der Waals surface area contributed by atoms with Gasteiger partial charge in [-0.05, 0) is 31.6 Å². The van der Waals surface area contributed by atoms with Gasteiger partial charge in [-0.15, -0.1) is 0 Å². The molecule has 0 bridgehead atoms. The molecule has 0 radical (unpaired) electrons. The summed E-state index contributed by atoms with van der Waals surface area (Å²) in [4.78, 5) is 14.4. The summed E-state index contributed by atoms with van der Waals surface area (Å²) in [6.45, 7) is 6.79. The fourth-order valence-electron chi connectivity index (χ4n) is 2.69. The Balaban J connectivity index is 2.50. The van der Waals surface area contributed by atoms with Crippen LogP contribution < -0.4 is 5.73 Å². The van der Waals surface area contributed by atoms with Crippen LogP contribution in [0.2, 0.25) is 0 Å². The molecule has 0 aromatic rings. The van der Waals surface area contributed by atoms with Crippen LogP contribution in [0.3, 0.4) is 0 Å². The van der Waals surface area contributed by atoms with Gasteiger partial charge in [0.1, 0.15) is 0 Å². The van der Waals surface area contributed by atoms with Crippen LogP contribution in [0.1, 0.15) is 52.4 Å². The smallest absolute Gasteiger partial charge is 0.226 e. The van der Waals surface area contributed by atoms with Gasteiger partial charge in [0.2, 0.25) is 5.91 Å². The van der Waals surface area contributed by atoms with Gasteiger partial charge in [0.05, 0.1) is 5.92 Å². The Labute approximate surface area is 106 Å². The highest BCUT2D eigenvalue weighted by molar-refractivity contribution is 5.79. The molecular formula is C14H28N2O. The summed E-state index contributed by atoms with van der Waals surface area (Å²) in [6.07, 6.45) is 6.87. The van der Waals surface area contributed by atoms with E-state index < -0.39 is 0 Å². The largest absolute Gasteiger partial charge is 0.342 e. The van der Waals surface area contributed by atoms with Crippen molar-refractivity contribution >= 4 is 5.91 Å². The third kappa shape index (κ3) is 4.30. The van der Waals surface area contributed by atoms with Crippen LogP contribution in [0.5, 0.6) is 0 Å². The molecule has 3 nitrogen and oxygen atoms in total. The van der Waals surface area contributed by atoms with Gasteiger partial charge in [0, 0.05) is 19.6 Å². The Kier molecular flexibility index (Phi) is 6.56. The quantitative estimate of drug-likeness (QED) is 0.775. The Morgan fingerprint density at radius 3 is 2.24 bits per heavy atom. The lowest BCUT2D eigenvalue weighted by molar-refractivity contribution is -0.136. The van der Waals surface area contributed by atoms with Crippen LogP contribution in [0.25, 0.3) is 0 Å². The van der Waals surface area contributed by atoms with Crippen molar-refractivity contribution in [2.24, 2.45) is 17.6 Å². The van der Waals surface area contributed by atoms with Crippen LogP contribution in [0.15, 0.2) is 0 Å². The van der Waals surface area contributed by atoms with Crippen LogP contribution in [-0.4, -0.2) is 30.4 Å². The second kappa shape index (κ2) is 7.70. The predicted molar refractivity (Wildman–Crippen MR) is 71.7 cm³/mol. The van der Waals surface area contributed by atoms with Gasteiger partial charge in [0.25, 0.3) is 0 Å². The molecule has 0 aromatic carbocycles. The molecule has 3 heteroatoms. The van der Waals surface area contributed by atoms with Crippen molar-refractivity contribution < 1.29 is 4.79 Å². The lowest BCUT2D eigenvalue weighted by Gasteiger charge is -2.31. The molecule has 1 amide bonds. The van der Waals surface area contributed by atoms with Crippen molar-refractivity contribution in [2.45, 2.75) is 52.4 Å². The lowest BCUT2D eigenvalue weighted by atomic mass is 9.89. The van der Waals surface area contributed by atoms with Gasteiger partial charge in [-0.2, -0.15) is 0 Å². The number of rotatable bonds is 6. The van der Waals surface area contributed by atoms with Gasteiger partial charge < -0.3 is 10.6 Å². The molecule has 1 fully saturated rings. The molecule has 17 heavy (non-hydrogen) atoms. The van der Waals surface area contributed by atoms with E-state index in [1.807, 2.05) is 4.90 Å². The molecule has 0 saturated carbocycles. The molecule has 1 aliphatic heterocycles. The zero-order valence-electron chi connectivity index (χ0n) is 11.5. The van der Waals surface area contributed by atoms with E-state index in [0.717, 1.165) is 45.2 Å². The molecule has 1 rings (SSSR count). The van der Waals surface area contributed by atoms with E-state index in [4.69, 9.17) is 5.73 Å². The molecule has 2 N–H and O–H groups in total. The van der Waals surface area contributed by atoms with E-state index in [0.29, 0.717) is 18.4 Å². The van der Waals surface area contributed by atoms with Crippen molar-refractivity contribution in [1.82, 2.24) is 4.90 Å². The van der Waals surface area contributed by atoms with Crippen molar-refractivity contribution in [3.8, 4) is 0 Å². The van der Waals surface area contributed by atoms with E-state index in [1.54, 1.807) is 0 Å². The Morgan fingerprint density at radius 1 is 1.18 bits per heavy atom. The third-order valence-electron chi connectivity index (χ3n) is 4.07. The minimum atomic E-state index is 0.0537. The van der Waals surface area contributed by atoms with E-state index >= 15 is 0 Å². The molecule has 1 atom stereocenters. The Morgan fingerprint density at radius 2 is 1.76 bits per heavy atom. The average molecular weight is 240 g/mol. The molecule has 0 aliphatic carbocycles. The number of piperidine rings is 1. The second-order valence-electron chi connectivity index (χ2n) is 5.24. The van der Waals surface area contributed by atoms with Crippen molar-refractivity contribution in [3.05, 3.63) is 0 Å². The molecule has 1 unspecified atom stereocenters. The van der Waals surface area contributed by atoms with E-state index in [-0.39, 0.29) is 5.92 Å². The van der Waals surface area contributed by atoms with Crippen LogP contribution in [0.4, 0.5) is 0 Å². The first-order valence-corrected chi connectivity index (χ1v) is 7.21. The van der Waals surface area contributed by atoms with Gasteiger partial charge in [0.15, 0.2) is 0 Å². The maximum atomic E-state index is 12.3. The number of carbonyl (C=O) groups excluding carboxylic acids is 1. The molecule has 0 spiro atoms. The highest BCUT2D eigenvalue weighted by Gasteiger charge is 2.25. The molecule has 0 aromatic heterocycles. The zero-order chi connectivity index (χ0) is 12.7. The average Bonchev–Trinajstić information content (AvgIpc) is 2.40. The van der Waals surface area contributed by atoms with Gasteiger partial charge in [-0.3, -0.25) is 4.79 Å². The van der Waals surface area contributed by atoms with Gasteiger partial charge in [-0.25, -0.2) is 0 Å². The minimum Gasteiger partial charge on any atom is -0.342 e. The van der Waals surface area contributed by atoms with Crippen LogP contribution in [-0.2, 0) is 4.79 Å². The number of nitrogens with zero attached hydrogens (tertiary/aromatic N) is 1. The van der Waals surface area contributed by atoms with Crippen molar-refractivity contribution in [2.75, 3.05) is 19.6 Å². The van der Waals surface area contributed by atoms with Gasteiger partial charge in [-0.1, -0.05) is 26.7 Å². The molecule has 1 saturated heterocycles. The summed E-state index contributed by atoms with van der Waals surface area (Å²) in [5.74, 6) is 1.01. The monoisotopic (exact) mass is 240 g/mol. The molecule has 100 valence electrons. The number of hydrogen-bond acceptors (Lipinski definition) is 2. The normalized spacial score (nSPS) is 18.5. The molecule has 1 heterocycles. The first-order valence-electron chi connectivity index (χ1n) is 7.21. The Hall–Kier alpha value is -0.570. The second-order valence-corrected chi connectivity index (χ2v) is 5.24. The molecular weight excluding hydrogens is 212 g/mol. The first-order chi connectivity index (χ1) is 8.22. The fourth-order valence-corrected chi connectivity index (χ4v) is 2.69. The van der Waals surface area contributed by atoms with Crippen LogP contribution >= 0.6 is 0 Å². The summed E-state index contributed by atoms with van der Waals surface area (Å²) in [7, 11) is 0. The third-order valence-corrected chi connectivity index (χ3v) is 4.07. The first kappa shape index (κ1) is 14.5. The standard InChI is InChI=1S/C14H28N2O/c1-3-12(4-2)10-13(11-15)14(17)16-8-6-5-7-9-16/h12-13H,3-11,15H2,1-2H3. The predicted octanol–water partition coefficient (Wildman–Crippen LogP) is 2.40. The maximum absolute atomic E-state index is 12.3. The number of nitrogens with two attached hydrogens (primary N) is 1. The SMILES string of the molecule is CCC(CC)CC(CN)C(=O)N1CCCCC1. The highest BCUT2D eigenvalue weighted by Crippen LogP contribution is 2.21. The zero-order valence-corrected chi connectivity index (χ0v) is 11.5. The van der Waals surface area contributed by atoms with E-state index in [9.17, 15) is 4.79 Å². The van der Waals surface area contributed by atoms with E-state index in [1.165, 1.54) is 6.42 Å².